The number of esters is 1. The van der Waals surface area contributed by atoms with Crippen LogP contribution in [0.3, 0.4) is 0 Å². The van der Waals surface area contributed by atoms with E-state index in [9.17, 15) is 9.59 Å². The number of rotatable bonds is 2. The van der Waals surface area contributed by atoms with Crippen molar-refractivity contribution < 1.29 is 14.3 Å². The molecule has 0 saturated heterocycles. The molecular formula is C14H16N2O3S. The van der Waals surface area contributed by atoms with Crippen LogP contribution in [0, 0.1) is 0 Å². The molecule has 2 N–H and O–H groups in total. The number of fused-ring (bicyclic) bond motifs is 1. The highest BCUT2D eigenvalue weighted by atomic mass is 32.2. The van der Waals surface area contributed by atoms with Crippen molar-refractivity contribution >= 4 is 34.9 Å². The van der Waals surface area contributed by atoms with Crippen LogP contribution in [0.4, 0.5) is 4.79 Å². The zero-order valence-corrected chi connectivity index (χ0v) is 12.3. The molecule has 6 heteroatoms. The van der Waals surface area contributed by atoms with Crippen LogP contribution < -0.4 is 4.72 Å². The van der Waals surface area contributed by atoms with Gasteiger partial charge in [-0.05, 0) is 38.8 Å². The zero-order valence-electron chi connectivity index (χ0n) is 11.5. The second-order valence-electron chi connectivity index (χ2n) is 5.24. The van der Waals surface area contributed by atoms with Gasteiger partial charge in [-0.3, -0.25) is 4.72 Å². The summed E-state index contributed by atoms with van der Waals surface area (Å²) in [5.74, 6) is -0.672. The van der Waals surface area contributed by atoms with Crippen LogP contribution in [0.2, 0.25) is 0 Å². The highest BCUT2D eigenvalue weighted by Crippen LogP contribution is 2.21. The highest BCUT2D eigenvalue weighted by Gasteiger charge is 2.19. The summed E-state index contributed by atoms with van der Waals surface area (Å²) >= 11 is 1.20. The van der Waals surface area contributed by atoms with Crippen LogP contribution in [0.1, 0.15) is 31.1 Å². The van der Waals surface area contributed by atoms with Crippen molar-refractivity contribution in [2.75, 3.05) is 0 Å². The number of aromatic nitrogens is 1. The number of amides is 1. The quantitative estimate of drug-likeness (QED) is 0.505. The van der Waals surface area contributed by atoms with Gasteiger partial charge in [-0.1, -0.05) is 18.2 Å². The first-order valence-electron chi connectivity index (χ1n) is 6.13. The maximum Gasteiger partial charge on any atom is 0.425 e. The number of aromatic amines is 1. The maximum atomic E-state index is 11.9. The molecule has 5 nitrogen and oxygen atoms in total. The van der Waals surface area contributed by atoms with E-state index in [0.717, 1.165) is 10.9 Å². The van der Waals surface area contributed by atoms with Crippen molar-refractivity contribution in [1.82, 2.24) is 9.71 Å². The number of para-hydroxylation sites is 1. The van der Waals surface area contributed by atoms with E-state index in [1.807, 2.05) is 39.0 Å². The third-order valence-electron chi connectivity index (χ3n) is 2.44. The number of nitrogens with one attached hydrogen (secondary N) is 2. The van der Waals surface area contributed by atoms with E-state index in [2.05, 4.69) is 9.71 Å². The lowest BCUT2D eigenvalue weighted by atomic mass is 10.2. The van der Waals surface area contributed by atoms with E-state index in [1.54, 1.807) is 6.07 Å². The van der Waals surface area contributed by atoms with Crippen LogP contribution in [-0.2, 0) is 4.74 Å². The van der Waals surface area contributed by atoms with Gasteiger partial charge in [-0.2, -0.15) is 0 Å². The monoisotopic (exact) mass is 292 g/mol. The summed E-state index contributed by atoms with van der Waals surface area (Å²) in [6.07, 6.45) is 0.775. The fourth-order valence-corrected chi connectivity index (χ4v) is 2.03. The third kappa shape index (κ3) is 3.54. The van der Waals surface area contributed by atoms with E-state index in [1.165, 1.54) is 18.1 Å². The van der Waals surface area contributed by atoms with E-state index in [4.69, 9.17) is 4.74 Å². The first-order valence-corrected chi connectivity index (χ1v) is 6.95. The zero-order chi connectivity index (χ0) is 14.8. The number of benzene rings is 1. The Balaban J connectivity index is 2.03. The summed E-state index contributed by atoms with van der Waals surface area (Å²) in [6, 6.07) is 7.33. The summed E-state index contributed by atoms with van der Waals surface area (Å²) in [4.78, 5) is 26.4. The lowest BCUT2D eigenvalue weighted by Crippen LogP contribution is -2.26. The molecule has 0 aliphatic heterocycles. The topological polar surface area (TPSA) is 71.2 Å². The predicted molar refractivity (Wildman–Crippen MR) is 79.6 cm³/mol. The summed E-state index contributed by atoms with van der Waals surface area (Å²) < 4.78 is 7.11. The van der Waals surface area contributed by atoms with Crippen LogP contribution in [-0.4, -0.2) is 21.8 Å². The molecule has 0 unspecified atom stereocenters. The molecule has 1 amide bonds. The SMILES string of the molecule is CC(C)(C)SNC(=O)OC(=O)c1c[nH]c2ccccc12. The predicted octanol–water partition coefficient (Wildman–Crippen LogP) is 3.48. The minimum absolute atomic E-state index is 0.150. The molecule has 2 aromatic rings. The summed E-state index contributed by atoms with van der Waals surface area (Å²) in [5, 5.41) is 0.730. The average molecular weight is 292 g/mol. The summed E-state index contributed by atoms with van der Waals surface area (Å²) in [7, 11) is 0. The molecule has 0 spiro atoms. The van der Waals surface area contributed by atoms with Crippen LogP contribution in [0.15, 0.2) is 30.5 Å². The van der Waals surface area contributed by atoms with Gasteiger partial charge in [-0.15, -0.1) is 0 Å². The Kier molecular flexibility index (Phi) is 4.04. The van der Waals surface area contributed by atoms with Crippen molar-refractivity contribution in [3.63, 3.8) is 0 Å². The maximum absolute atomic E-state index is 11.9. The molecule has 0 fully saturated rings. The summed E-state index contributed by atoms with van der Waals surface area (Å²) in [5.41, 5.74) is 1.17. The Hall–Kier alpha value is -1.95. The van der Waals surface area contributed by atoms with Crippen LogP contribution >= 0.6 is 11.9 Å². The first-order chi connectivity index (χ1) is 9.37. The number of carbonyl (C=O) groups is 2. The molecule has 1 aromatic heterocycles. The van der Waals surface area contributed by atoms with E-state index in [0.29, 0.717) is 5.56 Å². The Bertz CT molecular complexity index is 643. The van der Waals surface area contributed by atoms with Crippen LogP contribution in [0.25, 0.3) is 10.9 Å². The second kappa shape index (κ2) is 5.58. The van der Waals surface area contributed by atoms with Gasteiger partial charge in [0.05, 0.1) is 5.56 Å². The van der Waals surface area contributed by atoms with Crippen molar-refractivity contribution in [3.05, 3.63) is 36.0 Å². The first kappa shape index (κ1) is 14.5. The van der Waals surface area contributed by atoms with Gasteiger partial charge in [0.2, 0.25) is 0 Å². The van der Waals surface area contributed by atoms with Gasteiger partial charge in [0.1, 0.15) is 0 Å². The van der Waals surface area contributed by atoms with Gasteiger partial charge in [0.15, 0.2) is 0 Å². The lowest BCUT2D eigenvalue weighted by molar-refractivity contribution is 0.0635. The number of carbonyl (C=O) groups excluding carboxylic acids is 2. The van der Waals surface area contributed by atoms with E-state index < -0.39 is 12.1 Å². The normalized spacial score (nSPS) is 11.3. The third-order valence-corrected chi connectivity index (χ3v) is 3.32. The smallest absolute Gasteiger partial charge is 0.372 e. The molecule has 0 saturated carbocycles. The largest absolute Gasteiger partial charge is 0.425 e. The Labute approximate surface area is 121 Å². The fourth-order valence-electron chi connectivity index (χ4n) is 1.60. The molecule has 106 valence electrons. The van der Waals surface area contributed by atoms with Gasteiger partial charge in [0.25, 0.3) is 0 Å². The van der Waals surface area contributed by atoms with Gasteiger partial charge in [0, 0.05) is 21.8 Å². The van der Waals surface area contributed by atoms with Crippen molar-refractivity contribution in [1.29, 1.82) is 0 Å². The minimum Gasteiger partial charge on any atom is -0.372 e. The molecule has 1 heterocycles. The number of H-pyrrole nitrogens is 1. The van der Waals surface area contributed by atoms with Crippen molar-refractivity contribution in [3.8, 4) is 0 Å². The van der Waals surface area contributed by atoms with Gasteiger partial charge < -0.3 is 9.72 Å². The average Bonchev–Trinajstić information content (AvgIpc) is 2.79. The highest BCUT2D eigenvalue weighted by molar-refractivity contribution is 7.99. The molecule has 0 bridgehead atoms. The number of hydrogen-bond donors (Lipinski definition) is 2. The Morgan fingerprint density at radius 1 is 1.25 bits per heavy atom. The summed E-state index contributed by atoms with van der Waals surface area (Å²) in [6.45, 7) is 5.83. The minimum atomic E-state index is -0.764. The van der Waals surface area contributed by atoms with E-state index >= 15 is 0 Å². The number of hydrogen-bond acceptors (Lipinski definition) is 4. The Morgan fingerprint density at radius 3 is 2.65 bits per heavy atom. The molecule has 0 atom stereocenters. The van der Waals surface area contributed by atoms with E-state index in [-0.39, 0.29) is 4.75 Å². The lowest BCUT2D eigenvalue weighted by Gasteiger charge is -2.16. The van der Waals surface area contributed by atoms with Crippen LogP contribution in [0.5, 0.6) is 0 Å². The molecule has 20 heavy (non-hydrogen) atoms. The molecule has 0 radical (unpaired) electrons. The standard InChI is InChI=1S/C14H16N2O3S/c1-14(2,3)20-16-13(18)19-12(17)10-8-15-11-7-5-4-6-9(10)11/h4-8,15H,1-3H3,(H,16,18). The molecule has 1 aromatic carbocycles. The molecule has 2 rings (SSSR count). The second-order valence-corrected chi connectivity index (χ2v) is 6.87. The fraction of sp³-hybridized carbons (Fsp3) is 0.286. The molecule has 0 aliphatic carbocycles. The molecular weight excluding hydrogens is 276 g/mol. The van der Waals surface area contributed by atoms with Gasteiger partial charge in [-0.25, -0.2) is 9.59 Å². The van der Waals surface area contributed by atoms with Crippen molar-refractivity contribution in [2.24, 2.45) is 0 Å². The Morgan fingerprint density at radius 2 is 1.95 bits per heavy atom. The van der Waals surface area contributed by atoms with Gasteiger partial charge >= 0.3 is 12.1 Å². The molecule has 0 aliphatic rings. The van der Waals surface area contributed by atoms with Crippen molar-refractivity contribution in [2.45, 2.75) is 25.5 Å². The number of ether oxygens (including phenoxy) is 1.